The first-order chi connectivity index (χ1) is 16.7. The predicted octanol–water partition coefficient (Wildman–Crippen LogP) is 4.76. The van der Waals surface area contributed by atoms with E-state index in [2.05, 4.69) is 5.32 Å². The molecule has 2 aromatic carbocycles. The van der Waals surface area contributed by atoms with E-state index in [1.165, 1.54) is 23.1 Å². The number of aryl methyl sites for hydroxylation is 4. The second-order valence-corrected chi connectivity index (χ2v) is 10.4. The Morgan fingerprint density at radius 3 is 2.43 bits per heavy atom. The van der Waals surface area contributed by atoms with Gasteiger partial charge in [0, 0.05) is 16.1 Å². The molecule has 9 heteroatoms. The molecule has 0 unspecified atom stereocenters. The maximum atomic E-state index is 13.7. The quantitative estimate of drug-likeness (QED) is 0.277. The second-order valence-electron chi connectivity index (χ2n) is 8.25. The van der Waals surface area contributed by atoms with E-state index in [0.29, 0.717) is 26.6 Å². The summed E-state index contributed by atoms with van der Waals surface area (Å²) < 4.78 is 1.61. The summed E-state index contributed by atoms with van der Waals surface area (Å²) in [5, 5.41) is 3.92. The first-order valence-corrected chi connectivity index (χ1v) is 12.9. The van der Waals surface area contributed by atoms with Crippen LogP contribution in [0.1, 0.15) is 38.8 Å². The molecule has 0 fully saturated rings. The van der Waals surface area contributed by atoms with Gasteiger partial charge in [-0.2, -0.15) is 0 Å². The standard InChI is InChI=1S/C26H26N4O3S2/c1-5-20-16(4)35-24-22(20)25(33)30(19-11-6-14(2)15(3)12-19)26(29-24)34-13-21(31)28-18-9-7-17(8-10-18)23(27)32/h6-12H,5,13H2,1-4H3,(H2,27,32)(H,28,31). The van der Waals surface area contributed by atoms with Gasteiger partial charge in [0.05, 0.1) is 16.8 Å². The minimum Gasteiger partial charge on any atom is -0.366 e. The van der Waals surface area contributed by atoms with Gasteiger partial charge in [-0.25, -0.2) is 4.98 Å². The molecule has 7 nitrogen and oxygen atoms in total. The summed E-state index contributed by atoms with van der Waals surface area (Å²) in [5.74, 6) is -0.718. The third kappa shape index (κ3) is 5.01. The number of anilines is 1. The fraction of sp³-hybridized carbons (Fsp3) is 0.231. The topological polar surface area (TPSA) is 107 Å². The molecule has 0 saturated heterocycles. The molecular formula is C26H26N4O3S2. The fourth-order valence-electron chi connectivity index (χ4n) is 3.86. The maximum absolute atomic E-state index is 13.7. The molecule has 0 aliphatic carbocycles. The van der Waals surface area contributed by atoms with Crippen LogP contribution in [0.3, 0.4) is 0 Å². The van der Waals surface area contributed by atoms with Crippen molar-refractivity contribution in [2.75, 3.05) is 11.1 Å². The van der Waals surface area contributed by atoms with E-state index in [4.69, 9.17) is 10.7 Å². The van der Waals surface area contributed by atoms with Gasteiger partial charge in [0.1, 0.15) is 4.83 Å². The lowest BCUT2D eigenvalue weighted by Gasteiger charge is -2.14. The van der Waals surface area contributed by atoms with Crippen molar-refractivity contribution in [1.82, 2.24) is 9.55 Å². The van der Waals surface area contributed by atoms with Crippen LogP contribution in [0, 0.1) is 20.8 Å². The van der Waals surface area contributed by atoms with E-state index in [1.54, 1.807) is 28.8 Å². The van der Waals surface area contributed by atoms with Gasteiger partial charge in [-0.3, -0.25) is 19.0 Å². The van der Waals surface area contributed by atoms with Gasteiger partial charge in [0.2, 0.25) is 11.8 Å². The summed E-state index contributed by atoms with van der Waals surface area (Å²) in [5.41, 5.74) is 10.0. The molecule has 0 aliphatic heterocycles. The van der Waals surface area contributed by atoms with E-state index in [9.17, 15) is 14.4 Å². The van der Waals surface area contributed by atoms with Gasteiger partial charge in [0.15, 0.2) is 5.16 Å². The Labute approximate surface area is 211 Å². The second kappa shape index (κ2) is 10.1. The Hall–Kier alpha value is -3.43. The Morgan fingerprint density at radius 1 is 1.09 bits per heavy atom. The van der Waals surface area contributed by atoms with Crippen LogP contribution in [-0.2, 0) is 11.2 Å². The molecule has 2 amide bonds. The smallest absolute Gasteiger partial charge is 0.267 e. The number of aromatic nitrogens is 2. The molecule has 2 heterocycles. The first kappa shape index (κ1) is 24.7. The van der Waals surface area contributed by atoms with Crippen LogP contribution < -0.4 is 16.6 Å². The molecule has 4 aromatic rings. The number of benzene rings is 2. The van der Waals surface area contributed by atoms with Crippen LogP contribution in [-0.4, -0.2) is 27.1 Å². The number of nitrogens with two attached hydrogens (primary N) is 1. The summed E-state index contributed by atoms with van der Waals surface area (Å²) in [6.07, 6.45) is 0.749. The molecule has 0 atom stereocenters. The number of amides is 2. The van der Waals surface area contributed by atoms with Gasteiger partial charge in [-0.1, -0.05) is 24.8 Å². The normalized spacial score (nSPS) is 11.1. The zero-order valence-corrected chi connectivity index (χ0v) is 21.6. The third-order valence-electron chi connectivity index (χ3n) is 5.88. The van der Waals surface area contributed by atoms with Gasteiger partial charge >= 0.3 is 0 Å². The summed E-state index contributed by atoms with van der Waals surface area (Å²) in [7, 11) is 0. The third-order valence-corrected chi connectivity index (χ3v) is 7.86. The number of thiophene rings is 1. The number of carbonyl (C=O) groups is 2. The molecule has 0 radical (unpaired) electrons. The van der Waals surface area contributed by atoms with E-state index in [1.807, 2.05) is 45.9 Å². The average Bonchev–Trinajstić information content (AvgIpc) is 3.15. The predicted molar refractivity (Wildman–Crippen MR) is 143 cm³/mol. The molecule has 3 N–H and O–H groups in total. The number of thioether (sulfide) groups is 1. The number of fused-ring (bicyclic) bond motifs is 1. The Balaban J connectivity index is 1.69. The Bertz CT molecular complexity index is 1500. The van der Waals surface area contributed by atoms with Gasteiger partial charge in [-0.15, -0.1) is 11.3 Å². The lowest BCUT2D eigenvalue weighted by atomic mass is 10.1. The Morgan fingerprint density at radius 2 is 1.80 bits per heavy atom. The van der Waals surface area contributed by atoms with Crippen molar-refractivity contribution >= 4 is 50.8 Å². The van der Waals surface area contributed by atoms with Crippen LogP contribution in [0.2, 0.25) is 0 Å². The largest absolute Gasteiger partial charge is 0.366 e. The number of hydrogen-bond donors (Lipinski definition) is 2. The molecule has 0 bridgehead atoms. The summed E-state index contributed by atoms with van der Waals surface area (Å²) in [6, 6.07) is 12.2. The number of nitrogens with zero attached hydrogens (tertiary/aromatic N) is 2. The summed E-state index contributed by atoms with van der Waals surface area (Å²) in [4.78, 5) is 44.2. The molecule has 0 saturated carbocycles. The maximum Gasteiger partial charge on any atom is 0.267 e. The Kier molecular flexibility index (Phi) is 7.09. The van der Waals surface area contributed by atoms with Crippen LogP contribution in [0.4, 0.5) is 5.69 Å². The molecule has 2 aromatic heterocycles. The molecule has 180 valence electrons. The van der Waals surface area contributed by atoms with Crippen molar-refractivity contribution in [3.8, 4) is 5.69 Å². The molecule has 0 aliphatic rings. The zero-order chi connectivity index (χ0) is 25.3. The van der Waals surface area contributed by atoms with Crippen molar-refractivity contribution in [3.05, 3.63) is 79.9 Å². The van der Waals surface area contributed by atoms with Crippen LogP contribution >= 0.6 is 23.1 Å². The molecular weight excluding hydrogens is 480 g/mol. The summed E-state index contributed by atoms with van der Waals surface area (Å²) in [6.45, 7) is 8.08. The van der Waals surface area contributed by atoms with Crippen molar-refractivity contribution in [1.29, 1.82) is 0 Å². The van der Waals surface area contributed by atoms with Crippen LogP contribution in [0.5, 0.6) is 0 Å². The molecule has 0 spiro atoms. The van der Waals surface area contributed by atoms with Crippen molar-refractivity contribution in [3.63, 3.8) is 0 Å². The lowest BCUT2D eigenvalue weighted by Crippen LogP contribution is -2.23. The summed E-state index contributed by atoms with van der Waals surface area (Å²) >= 11 is 2.72. The fourth-order valence-corrected chi connectivity index (χ4v) is 5.83. The highest BCUT2D eigenvalue weighted by molar-refractivity contribution is 7.99. The molecule has 35 heavy (non-hydrogen) atoms. The van der Waals surface area contributed by atoms with Crippen molar-refractivity contribution in [2.24, 2.45) is 5.73 Å². The number of carbonyl (C=O) groups excluding carboxylic acids is 2. The average molecular weight is 507 g/mol. The SMILES string of the molecule is CCc1c(C)sc2nc(SCC(=O)Nc3ccc(C(N)=O)cc3)n(-c3ccc(C)c(C)c3)c(=O)c12. The van der Waals surface area contributed by atoms with E-state index < -0.39 is 5.91 Å². The number of nitrogens with one attached hydrogen (secondary N) is 1. The van der Waals surface area contributed by atoms with Gasteiger partial charge in [0.25, 0.3) is 5.56 Å². The highest BCUT2D eigenvalue weighted by Crippen LogP contribution is 2.31. The van der Waals surface area contributed by atoms with E-state index in [-0.39, 0.29) is 17.2 Å². The lowest BCUT2D eigenvalue weighted by molar-refractivity contribution is -0.113. The zero-order valence-electron chi connectivity index (χ0n) is 20.0. The highest BCUT2D eigenvalue weighted by Gasteiger charge is 2.20. The first-order valence-electron chi connectivity index (χ1n) is 11.1. The van der Waals surface area contributed by atoms with Crippen molar-refractivity contribution < 1.29 is 9.59 Å². The van der Waals surface area contributed by atoms with Crippen LogP contribution in [0.15, 0.2) is 52.4 Å². The minimum atomic E-state index is -0.528. The van der Waals surface area contributed by atoms with Crippen molar-refractivity contribution in [2.45, 2.75) is 39.3 Å². The van der Waals surface area contributed by atoms with E-state index >= 15 is 0 Å². The monoisotopic (exact) mass is 506 g/mol. The number of primary amides is 1. The van der Waals surface area contributed by atoms with Gasteiger partial charge < -0.3 is 11.1 Å². The minimum absolute atomic E-state index is 0.0609. The highest BCUT2D eigenvalue weighted by atomic mass is 32.2. The van der Waals surface area contributed by atoms with Gasteiger partial charge in [-0.05, 0) is 80.3 Å². The van der Waals surface area contributed by atoms with E-state index in [0.717, 1.165) is 33.7 Å². The number of rotatable bonds is 7. The molecule has 4 rings (SSSR count). The number of hydrogen-bond acceptors (Lipinski definition) is 6. The van der Waals surface area contributed by atoms with Crippen LogP contribution in [0.25, 0.3) is 15.9 Å².